The van der Waals surface area contributed by atoms with E-state index in [1.54, 1.807) is 0 Å². The number of carbonyl (C=O) groups is 3. The van der Waals surface area contributed by atoms with Crippen molar-refractivity contribution < 1.29 is 14.4 Å². The van der Waals surface area contributed by atoms with Crippen molar-refractivity contribution in [2.24, 2.45) is 11.8 Å². The molecule has 1 N–H and O–H groups in total. The molecule has 1 aliphatic carbocycles. The summed E-state index contributed by atoms with van der Waals surface area (Å²) in [7, 11) is 0. The van der Waals surface area contributed by atoms with Gasteiger partial charge in [-0.3, -0.25) is 19.3 Å². The molecule has 3 atom stereocenters. The lowest BCUT2D eigenvalue weighted by atomic mass is 9.85. The van der Waals surface area contributed by atoms with Crippen LogP contribution in [0.5, 0.6) is 0 Å². The first-order valence-corrected chi connectivity index (χ1v) is 10.5. The Morgan fingerprint density at radius 1 is 0.933 bits per heavy atom. The molecule has 30 heavy (non-hydrogen) atoms. The molecule has 2 aromatic rings. The van der Waals surface area contributed by atoms with Gasteiger partial charge in [-0.05, 0) is 36.5 Å². The number of amides is 3. The van der Waals surface area contributed by atoms with Crippen molar-refractivity contribution in [1.29, 1.82) is 0 Å². The lowest BCUT2D eigenvalue weighted by Crippen LogP contribution is -2.36. The lowest BCUT2D eigenvalue weighted by molar-refractivity contribution is -0.140. The summed E-state index contributed by atoms with van der Waals surface area (Å²) in [5.74, 6) is -0.915. The van der Waals surface area contributed by atoms with Crippen molar-refractivity contribution in [3.8, 4) is 11.1 Å². The van der Waals surface area contributed by atoms with Crippen molar-refractivity contribution in [1.82, 2.24) is 10.2 Å². The van der Waals surface area contributed by atoms with E-state index in [1.165, 1.54) is 4.90 Å². The second kappa shape index (κ2) is 8.66. The Morgan fingerprint density at radius 3 is 2.10 bits per heavy atom. The summed E-state index contributed by atoms with van der Waals surface area (Å²) in [4.78, 5) is 38.7. The molecule has 4 rings (SSSR count). The number of likely N-dealkylation sites (tertiary alicyclic amines) is 1. The van der Waals surface area contributed by atoms with Gasteiger partial charge in [-0.1, -0.05) is 66.7 Å². The fraction of sp³-hybridized carbons (Fsp3) is 0.320. The number of fused-ring (bicyclic) bond motifs is 1. The Balaban J connectivity index is 1.31. The first-order chi connectivity index (χ1) is 14.5. The average molecular weight is 402 g/mol. The second-order valence-electron chi connectivity index (χ2n) is 8.01. The van der Waals surface area contributed by atoms with Crippen LogP contribution in [0.1, 0.15) is 37.8 Å². The highest BCUT2D eigenvalue weighted by atomic mass is 16.2. The van der Waals surface area contributed by atoms with Crippen LogP contribution >= 0.6 is 0 Å². The maximum absolute atomic E-state index is 12.5. The smallest absolute Gasteiger partial charge is 0.233 e. The minimum atomic E-state index is -0.243. The van der Waals surface area contributed by atoms with E-state index in [0.717, 1.165) is 16.7 Å². The highest BCUT2D eigenvalue weighted by molar-refractivity contribution is 6.05. The van der Waals surface area contributed by atoms with Gasteiger partial charge in [-0.15, -0.1) is 0 Å². The summed E-state index contributed by atoms with van der Waals surface area (Å²) in [5.41, 5.74) is 3.28. The minimum Gasteiger partial charge on any atom is -0.350 e. The molecule has 0 aromatic heterocycles. The van der Waals surface area contributed by atoms with Gasteiger partial charge >= 0.3 is 0 Å². The number of benzene rings is 2. The van der Waals surface area contributed by atoms with E-state index in [2.05, 4.69) is 17.4 Å². The molecule has 0 bridgehead atoms. The van der Waals surface area contributed by atoms with E-state index in [0.29, 0.717) is 12.8 Å². The summed E-state index contributed by atoms with van der Waals surface area (Å²) >= 11 is 0. The summed E-state index contributed by atoms with van der Waals surface area (Å²) < 4.78 is 0. The third-order valence-corrected chi connectivity index (χ3v) is 6.06. The molecule has 0 spiro atoms. The maximum Gasteiger partial charge on any atom is 0.233 e. The SMILES string of the molecule is C[C@@H](NC(=O)CCN1C(=O)[C@H]2CC=CC[C@H]2C1=O)c1ccc(-c2ccccc2)cc1. The van der Waals surface area contributed by atoms with Crippen LogP contribution in [0.15, 0.2) is 66.7 Å². The molecule has 3 amide bonds. The normalized spacial score (nSPS) is 21.4. The Bertz CT molecular complexity index is 940. The van der Waals surface area contributed by atoms with Crippen LogP contribution in [0.25, 0.3) is 11.1 Å². The number of carbonyl (C=O) groups excluding carboxylic acids is 3. The van der Waals surface area contributed by atoms with Gasteiger partial charge in [0.2, 0.25) is 17.7 Å². The van der Waals surface area contributed by atoms with E-state index in [9.17, 15) is 14.4 Å². The van der Waals surface area contributed by atoms with Gasteiger partial charge in [-0.25, -0.2) is 0 Å². The van der Waals surface area contributed by atoms with Gasteiger partial charge in [-0.2, -0.15) is 0 Å². The molecular weight excluding hydrogens is 376 g/mol. The van der Waals surface area contributed by atoms with Gasteiger partial charge in [0, 0.05) is 13.0 Å². The van der Waals surface area contributed by atoms with Crippen LogP contribution in [-0.2, 0) is 14.4 Å². The van der Waals surface area contributed by atoms with Crippen LogP contribution in [0.4, 0.5) is 0 Å². The van der Waals surface area contributed by atoms with Crippen LogP contribution in [0, 0.1) is 11.8 Å². The summed E-state index contributed by atoms with van der Waals surface area (Å²) in [6, 6.07) is 18.1. The molecule has 1 heterocycles. The van der Waals surface area contributed by atoms with Crippen LogP contribution < -0.4 is 5.32 Å². The molecule has 1 saturated heterocycles. The molecule has 2 aliphatic rings. The van der Waals surface area contributed by atoms with Gasteiger partial charge in [0.25, 0.3) is 0 Å². The first kappa shape index (κ1) is 20.1. The first-order valence-electron chi connectivity index (χ1n) is 10.5. The molecule has 5 heteroatoms. The van der Waals surface area contributed by atoms with Crippen molar-refractivity contribution in [2.75, 3.05) is 6.54 Å². The van der Waals surface area contributed by atoms with Crippen LogP contribution in [0.3, 0.4) is 0 Å². The standard InChI is InChI=1S/C25H26N2O3/c1-17(18-11-13-20(14-12-18)19-7-3-2-4-8-19)26-23(28)15-16-27-24(29)21-9-5-6-10-22(21)25(27)30/h2-8,11-14,17,21-22H,9-10,15-16H2,1H3,(H,26,28)/t17-,21-,22+/m1/s1. The molecule has 1 fully saturated rings. The molecule has 0 unspecified atom stereocenters. The Labute approximate surface area is 176 Å². The van der Waals surface area contributed by atoms with Crippen molar-refractivity contribution in [3.05, 3.63) is 72.3 Å². The zero-order valence-electron chi connectivity index (χ0n) is 17.1. The summed E-state index contributed by atoms with van der Waals surface area (Å²) in [6.07, 6.45) is 5.29. The molecular formula is C25H26N2O3. The largest absolute Gasteiger partial charge is 0.350 e. The van der Waals surface area contributed by atoms with E-state index in [1.807, 2.05) is 61.5 Å². The van der Waals surface area contributed by atoms with E-state index >= 15 is 0 Å². The highest BCUT2D eigenvalue weighted by Crippen LogP contribution is 2.35. The summed E-state index contributed by atoms with van der Waals surface area (Å²) in [5, 5.41) is 2.97. The fourth-order valence-electron chi connectivity index (χ4n) is 4.29. The lowest BCUT2D eigenvalue weighted by Gasteiger charge is -2.17. The molecule has 5 nitrogen and oxygen atoms in total. The average Bonchev–Trinajstić information content (AvgIpc) is 3.03. The highest BCUT2D eigenvalue weighted by Gasteiger charge is 2.46. The third-order valence-electron chi connectivity index (χ3n) is 6.06. The monoisotopic (exact) mass is 402 g/mol. The van der Waals surface area contributed by atoms with E-state index < -0.39 is 0 Å². The van der Waals surface area contributed by atoms with Gasteiger partial charge in [0.15, 0.2) is 0 Å². The van der Waals surface area contributed by atoms with Crippen LogP contribution in [0.2, 0.25) is 0 Å². The van der Waals surface area contributed by atoms with E-state index in [4.69, 9.17) is 0 Å². The third kappa shape index (κ3) is 4.06. The van der Waals surface area contributed by atoms with Crippen molar-refractivity contribution in [3.63, 3.8) is 0 Å². The Morgan fingerprint density at radius 2 is 1.50 bits per heavy atom. The van der Waals surface area contributed by atoms with Gasteiger partial charge in [0.1, 0.15) is 0 Å². The number of allylic oxidation sites excluding steroid dienone is 2. The second-order valence-corrected chi connectivity index (χ2v) is 8.01. The number of hydrogen-bond donors (Lipinski definition) is 1. The van der Waals surface area contributed by atoms with Crippen molar-refractivity contribution in [2.45, 2.75) is 32.2 Å². The quantitative estimate of drug-likeness (QED) is 0.589. The Kier molecular flexibility index (Phi) is 5.79. The van der Waals surface area contributed by atoms with Gasteiger partial charge < -0.3 is 5.32 Å². The van der Waals surface area contributed by atoms with Gasteiger partial charge in [0.05, 0.1) is 17.9 Å². The number of hydrogen-bond acceptors (Lipinski definition) is 3. The molecule has 2 aromatic carbocycles. The van der Waals surface area contributed by atoms with Crippen LogP contribution in [-0.4, -0.2) is 29.2 Å². The number of rotatable bonds is 6. The van der Waals surface area contributed by atoms with E-state index in [-0.39, 0.29) is 48.6 Å². The minimum absolute atomic E-state index is 0.122. The fourth-order valence-corrected chi connectivity index (χ4v) is 4.29. The summed E-state index contributed by atoms with van der Waals surface area (Å²) in [6.45, 7) is 2.08. The van der Waals surface area contributed by atoms with Crippen molar-refractivity contribution >= 4 is 17.7 Å². The molecule has 1 aliphatic heterocycles. The molecule has 0 radical (unpaired) electrons. The number of imide groups is 1. The molecule has 0 saturated carbocycles. The predicted octanol–water partition coefficient (Wildman–Crippen LogP) is 3.87. The topological polar surface area (TPSA) is 66.5 Å². The Hall–Kier alpha value is -3.21. The number of nitrogens with one attached hydrogen (secondary N) is 1. The predicted molar refractivity (Wildman–Crippen MR) is 115 cm³/mol. The number of nitrogens with zero attached hydrogens (tertiary/aromatic N) is 1. The zero-order chi connectivity index (χ0) is 21.1. The molecule has 154 valence electrons. The zero-order valence-corrected chi connectivity index (χ0v) is 17.1. The maximum atomic E-state index is 12.5.